The van der Waals surface area contributed by atoms with Gasteiger partial charge in [-0.1, -0.05) is 44.0 Å². The standard InChI is InChI=1S/C15H19Cl2N3.HNO2/c1-5-12-14(17)15(20(6-2)19-12)11-8-18-13(16)7-10(11)9(3)4;2-1-3/h7-9H,5-6H2,1-4H3;(H,2,3). The first-order valence-corrected chi connectivity index (χ1v) is 8.04. The van der Waals surface area contributed by atoms with E-state index in [9.17, 15) is 0 Å². The molecule has 2 aromatic rings. The summed E-state index contributed by atoms with van der Waals surface area (Å²) in [6.07, 6.45) is 2.61. The Balaban J connectivity index is 0.000000816. The van der Waals surface area contributed by atoms with Gasteiger partial charge < -0.3 is 5.21 Å². The second-order valence-electron chi connectivity index (χ2n) is 5.11. The van der Waals surface area contributed by atoms with Crippen molar-refractivity contribution in [2.75, 3.05) is 0 Å². The van der Waals surface area contributed by atoms with Gasteiger partial charge in [-0.15, -0.1) is 4.91 Å². The number of aromatic nitrogens is 3. The summed E-state index contributed by atoms with van der Waals surface area (Å²) < 4.78 is 1.94. The van der Waals surface area contributed by atoms with Gasteiger partial charge in [-0.05, 0) is 30.9 Å². The second kappa shape index (κ2) is 8.84. The van der Waals surface area contributed by atoms with Crippen LogP contribution in [0.2, 0.25) is 10.2 Å². The van der Waals surface area contributed by atoms with Gasteiger partial charge >= 0.3 is 0 Å². The summed E-state index contributed by atoms with van der Waals surface area (Å²) in [5.74, 6) is 0.340. The number of nitrogens with zero attached hydrogens (tertiary/aromatic N) is 4. The van der Waals surface area contributed by atoms with Crippen LogP contribution in [0.15, 0.2) is 17.6 Å². The fraction of sp³-hybridized carbons (Fsp3) is 0.467. The topological polar surface area (TPSA) is 80.4 Å². The number of hydrogen-bond donors (Lipinski definition) is 1. The van der Waals surface area contributed by atoms with Gasteiger partial charge in [0.25, 0.3) is 0 Å². The van der Waals surface area contributed by atoms with E-state index in [-0.39, 0.29) is 0 Å². The van der Waals surface area contributed by atoms with Crippen LogP contribution in [0.25, 0.3) is 11.3 Å². The lowest BCUT2D eigenvalue weighted by molar-refractivity contribution is 0.312. The van der Waals surface area contributed by atoms with E-state index in [1.807, 2.05) is 10.7 Å². The van der Waals surface area contributed by atoms with E-state index in [0.717, 1.165) is 40.5 Å². The van der Waals surface area contributed by atoms with E-state index in [4.69, 9.17) is 33.3 Å². The molecule has 0 atom stereocenters. The first kappa shape index (κ1) is 19.4. The number of halogens is 2. The average Bonchev–Trinajstić information content (AvgIpc) is 2.84. The second-order valence-corrected chi connectivity index (χ2v) is 5.87. The Morgan fingerprint density at radius 2 is 1.96 bits per heavy atom. The molecular formula is C15H20Cl2N4O2. The van der Waals surface area contributed by atoms with Crippen LogP contribution in [-0.2, 0) is 13.0 Å². The van der Waals surface area contributed by atoms with E-state index < -0.39 is 0 Å². The molecule has 23 heavy (non-hydrogen) atoms. The third-order valence-corrected chi connectivity index (χ3v) is 3.98. The lowest BCUT2D eigenvalue weighted by Gasteiger charge is -2.14. The molecule has 0 fully saturated rings. The Morgan fingerprint density at radius 3 is 2.43 bits per heavy atom. The Hall–Kier alpha value is -1.66. The lowest BCUT2D eigenvalue weighted by Crippen LogP contribution is -2.03. The fourth-order valence-corrected chi connectivity index (χ4v) is 2.86. The molecule has 0 unspecified atom stereocenters. The van der Waals surface area contributed by atoms with Crippen LogP contribution in [0.3, 0.4) is 0 Å². The van der Waals surface area contributed by atoms with Crippen LogP contribution < -0.4 is 0 Å². The van der Waals surface area contributed by atoms with Gasteiger partial charge in [0, 0.05) is 18.3 Å². The summed E-state index contributed by atoms with van der Waals surface area (Å²) in [4.78, 5) is 12.3. The number of pyridine rings is 1. The summed E-state index contributed by atoms with van der Waals surface area (Å²) in [6, 6.07) is 1.91. The minimum atomic E-state index is 0.340. The first-order chi connectivity index (χ1) is 10.9. The third kappa shape index (κ3) is 4.42. The molecule has 2 aromatic heterocycles. The predicted octanol–water partition coefficient (Wildman–Crippen LogP) is 5.10. The minimum absolute atomic E-state index is 0.340. The van der Waals surface area contributed by atoms with Crippen molar-refractivity contribution in [2.24, 2.45) is 5.34 Å². The molecular weight excluding hydrogens is 339 g/mol. The highest BCUT2D eigenvalue weighted by molar-refractivity contribution is 6.34. The van der Waals surface area contributed by atoms with Crippen molar-refractivity contribution < 1.29 is 5.21 Å². The van der Waals surface area contributed by atoms with Crippen molar-refractivity contribution in [3.8, 4) is 11.3 Å². The van der Waals surface area contributed by atoms with Crippen molar-refractivity contribution >= 4 is 23.2 Å². The molecule has 0 spiro atoms. The van der Waals surface area contributed by atoms with E-state index in [0.29, 0.717) is 11.1 Å². The summed E-state index contributed by atoms with van der Waals surface area (Å²) in [6.45, 7) is 9.16. The summed E-state index contributed by atoms with van der Waals surface area (Å²) in [7, 11) is 0. The minimum Gasteiger partial charge on any atom is -0.379 e. The van der Waals surface area contributed by atoms with Gasteiger partial charge in [-0.3, -0.25) is 4.68 Å². The zero-order chi connectivity index (χ0) is 17.6. The van der Waals surface area contributed by atoms with E-state index in [1.165, 1.54) is 5.34 Å². The SMILES string of the molecule is CCc1nn(CC)c(-c2cnc(Cl)cc2C(C)C)c1Cl.O=NO. The van der Waals surface area contributed by atoms with Crippen molar-refractivity contribution in [1.82, 2.24) is 14.8 Å². The monoisotopic (exact) mass is 358 g/mol. The number of aryl methyl sites for hydroxylation is 2. The number of rotatable bonds is 4. The van der Waals surface area contributed by atoms with Crippen LogP contribution in [0.4, 0.5) is 0 Å². The van der Waals surface area contributed by atoms with Crippen molar-refractivity contribution in [2.45, 2.75) is 46.6 Å². The smallest absolute Gasteiger partial charge is 0.152 e. The van der Waals surface area contributed by atoms with Gasteiger partial charge in [0.15, 0.2) is 5.34 Å². The Bertz CT molecular complexity index is 672. The summed E-state index contributed by atoms with van der Waals surface area (Å²) >= 11 is 12.5. The van der Waals surface area contributed by atoms with Gasteiger partial charge in [0.1, 0.15) is 5.15 Å². The molecule has 0 aromatic carbocycles. The maximum absolute atomic E-state index is 8.11. The quantitative estimate of drug-likeness (QED) is 0.468. The average molecular weight is 359 g/mol. The fourth-order valence-electron chi connectivity index (χ4n) is 2.32. The highest BCUT2D eigenvalue weighted by Crippen LogP contribution is 2.36. The summed E-state index contributed by atoms with van der Waals surface area (Å²) in [5, 5.41) is 13.7. The molecule has 0 aliphatic carbocycles. The Labute approximate surface area is 145 Å². The maximum Gasteiger partial charge on any atom is 0.152 e. The zero-order valence-corrected chi connectivity index (χ0v) is 15.1. The number of hydrogen-bond acceptors (Lipinski definition) is 4. The van der Waals surface area contributed by atoms with Crippen molar-refractivity contribution in [3.63, 3.8) is 0 Å². The third-order valence-electron chi connectivity index (χ3n) is 3.37. The molecule has 0 bridgehead atoms. The highest BCUT2D eigenvalue weighted by atomic mass is 35.5. The van der Waals surface area contributed by atoms with E-state index >= 15 is 0 Å². The van der Waals surface area contributed by atoms with Gasteiger partial charge in [0.05, 0.1) is 16.4 Å². The normalized spacial score (nSPS) is 10.4. The van der Waals surface area contributed by atoms with Gasteiger partial charge in [-0.2, -0.15) is 5.10 Å². The predicted molar refractivity (Wildman–Crippen MR) is 92.2 cm³/mol. The van der Waals surface area contributed by atoms with E-state index in [2.05, 4.69) is 37.8 Å². The zero-order valence-electron chi connectivity index (χ0n) is 13.5. The first-order valence-electron chi connectivity index (χ1n) is 7.28. The molecule has 6 nitrogen and oxygen atoms in total. The molecule has 1 N–H and O–H groups in total. The molecule has 2 heterocycles. The maximum atomic E-state index is 8.11. The van der Waals surface area contributed by atoms with Crippen LogP contribution >= 0.6 is 23.2 Å². The lowest BCUT2D eigenvalue weighted by atomic mass is 9.97. The Kier molecular flexibility index (Phi) is 7.45. The van der Waals surface area contributed by atoms with Crippen LogP contribution in [0.5, 0.6) is 0 Å². The molecule has 0 amide bonds. The molecule has 8 heteroatoms. The Morgan fingerprint density at radius 1 is 1.35 bits per heavy atom. The highest BCUT2D eigenvalue weighted by Gasteiger charge is 2.20. The van der Waals surface area contributed by atoms with Crippen LogP contribution in [-0.4, -0.2) is 20.0 Å². The molecule has 2 rings (SSSR count). The van der Waals surface area contributed by atoms with Crippen molar-refractivity contribution in [3.05, 3.63) is 38.6 Å². The molecule has 126 valence electrons. The van der Waals surface area contributed by atoms with Crippen LogP contribution in [0.1, 0.15) is 44.9 Å². The van der Waals surface area contributed by atoms with Gasteiger partial charge in [0.2, 0.25) is 0 Å². The van der Waals surface area contributed by atoms with Crippen molar-refractivity contribution in [1.29, 1.82) is 0 Å². The van der Waals surface area contributed by atoms with Gasteiger partial charge in [-0.25, -0.2) is 4.98 Å². The molecule has 0 aliphatic heterocycles. The molecule has 0 saturated carbocycles. The van der Waals surface area contributed by atoms with Crippen LogP contribution in [0, 0.1) is 4.91 Å². The summed E-state index contributed by atoms with van der Waals surface area (Å²) in [5.41, 5.74) is 4.03. The molecule has 0 saturated heterocycles. The molecule has 0 aliphatic rings. The molecule has 0 radical (unpaired) electrons. The largest absolute Gasteiger partial charge is 0.379 e. The van der Waals surface area contributed by atoms with E-state index in [1.54, 1.807) is 6.20 Å².